The molecule has 4 rings (SSSR count). The van der Waals surface area contributed by atoms with E-state index in [-0.39, 0.29) is 42.8 Å². The molecule has 0 aromatic carbocycles. The molecule has 2 fully saturated rings. The van der Waals surface area contributed by atoms with Crippen molar-refractivity contribution in [2.45, 2.75) is 19.0 Å². The highest BCUT2D eigenvalue weighted by atomic mass is 19.1. The molecule has 7 nitrogen and oxygen atoms in total. The Morgan fingerprint density at radius 2 is 1.92 bits per heavy atom. The summed E-state index contributed by atoms with van der Waals surface area (Å²) in [6.07, 6.45) is 2.56. The van der Waals surface area contributed by atoms with Crippen LogP contribution >= 0.6 is 0 Å². The van der Waals surface area contributed by atoms with Gasteiger partial charge >= 0.3 is 0 Å². The van der Waals surface area contributed by atoms with E-state index in [2.05, 4.69) is 5.16 Å². The van der Waals surface area contributed by atoms with Gasteiger partial charge in [-0.25, -0.2) is 4.39 Å². The van der Waals surface area contributed by atoms with E-state index in [0.29, 0.717) is 19.5 Å². The monoisotopic (exact) mass is 347 g/mol. The van der Waals surface area contributed by atoms with Crippen LogP contribution in [0.4, 0.5) is 4.39 Å². The van der Waals surface area contributed by atoms with E-state index in [1.165, 1.54) is 18.5 Å². The van der Waals surface area contributed by atoms with Crippen LogP contribution in [-0.4, -0.2) is 59.1 Å². The zero-order valence-corrected chi connectivity index (χ0v) is 13.6. The van der Waals surface area contributed by atoms with Crippen molar-refractivity contribution < 1.29 is 22.9 Å². The number of amides is 2. The minimum absolute atomic E-state index is 0.147. The number of hydrogen-bond donors (Lipinski definition) is 0. The maximum Gasteiger partial charge on any atom is 0.292 e. The third kappa shape index (κ3) is 2.71. The Morgan fingerprint density at radius 3 is 2.60 bits per heavy atom. The Kier molecular flexibility index (Phi) is 3.82. The fourth-order valence-corrected chi connectivity index (χ4v) is 3.80. The highest BCUT2D eigenvalue weighted by molar-refractivity contribution is 5.92. The molecule has 2 aromatic heterocycles. The molecule has 4 heterocycles. The maximum absolute atomic E-state index is 14.8. The topological polar surface area (TPSA) is 79.8 Å². The molecule has 8 heteroatoms. The van der Waals surface area contributed by atoms with Crippen LogP contribution in [0.5, 0.6) is 0 Å². The first-order chi connectivity index (χ1) is 12.1. The Hall–Kier alpha value is -2.64. The first kappa shape index (κ1) is 15.9. The lowest BCUT2D eigenvalue weighted by atomic mass is 9.77. The van der Waals surface area contributed by atoms with Crippen molar-refractivity contribution in [3.63, 3.8) is 0 Å². The summed E-state index contributed by atoms with van der Waals surface area (Å²) >= 11 is 0. The number of furan rings is 1. The average Bonchev–Trinajstić information content (AvgIpc) is 3.38. The molecule has 0 saturated carbocycles. The second kappa shape index (κ2) is 6.02. The van der Waals surface area contributed by atoms with Gasteiger partial charge in [0.15, 0.2) is 5.76 Å². The first-order valence-electron chi connectivity index (χ1n) is 8.26. The fraction of sp³-hybridized carbons (Fsp3) is 0.471. The number of carbonyl (C=O) groups is 2. The zero-order valence-electron chi connectivity index (χ0n) is 13.6. The van der Waals surface area contributed by atoms with Crippen molar-refractivity contribution in [2.75, 3.05) is 26.2 Å². The predicted molar refractivity (Wildman–Crippen MR) is 83.6 cm³/mol. The Morgan fingerprint density at radius 1 is 1.16 bits per heavy atom. The van der Waals surface area contributed by atoms with E-state index >= 15 is 0 Å². The van der Waals surface area contributed by atoms with Crippen LogP contribution < -0.4 is 0 Å². The maximum atomic E-state index is 14.8. The highest BCUT2D eigenvalue weighted by Crippen LogP contribution is 2.41. The van der Waals surface area contributed by atoms with Gasteiger partial charge in [-0.15, -0.1) is 0 Å². The standard InChI is InChI=1S/C17H18FN3O4/c18-14-4-7-20(16(23)13-3-6-19-25-13)10-17(14)5-8-21(11-17)15(22)12-2-1-9-24-12/h1-3,6,9,14H,4-5,7-8,10-11H2/t14-,17-/m1/s1. The summed E-state index contributed by atoms with van der Waals surface area (Å²) < 4.78 is 24.8. The van der Waals surface area contributed by atoms with Crippen molar-refractivity contribution in [3.8, 4) is 0 Å². The summed E-state index contributed by atoms with van der Waals surface area (Å²) in [6.45, 7) is 1.31. The molecule has 1 spiro atoms. The molecule has 2 amide bonds. The van der Waals surface area contributed by atoms with Crippen molar-refractivity contribution >= 4 is 11.8 Å². The SMILES string of the molecule is O=C(c1ccco1)N1CC[C@]2(C1)CN(C(=O)c1ccno1)CC[C@H]2F. The molecule has 2 saturated heterocycles. The van der Waals surface area contributed by atoms with Crippen LogP contribution in [0.15, 0.2) is 39.6 Å². The van der Waals surface area contributed by atoms with Gasteiger partial charge in [0.2, 0.25) is 5.76 Å². The van der Waals surface area contributed by atoms with Gasteiger partial charge < -0.3 is 18.7 Å². The van der Waals surface area contributed by atoms with E-state index in [4.69, 9.17) is 8.94 Å². The summed E-state index contributed by atoms with van der Waals surface area (Å²) in [4.78, 5) is 28.1. The predicted octanol–water partition coefficient (Wildman–Crippen LogP) is 1.98. The van der Waals surface area contributed by atoms with Crippen LogP contribution in [0.2, 0.25) is 0 Å². The lowest BCUT2D eigenvalue weighted by Crippen LogP contribution is -2.53. The van der Waals surface area contributed by atoms with Crippen molar-refractivity contribution in [3.05, 3.63) is 42.2 Å². The zero-order chi connectivity index (χ0) is 17.4. The molecule has 2 aromatic rings. The quantitative estimate of drug-likeness (QED) is 0.830. The number of likely N-dealkylation sites (tertiary alicyclic amines) is 2. The highest BCUT2D eigenvalue weighted by Gasteiger charge is 2.50. The van der Waals surface area contributed by atoms with E-state index < -0.39 is 11.6 Å². The number of alkyl halides is 1. The molecule has 2 aliphatic rings. The van der Waals surface area contributed by atoms with Crippen LogP contribution in [0.1, 0.15) is 34.0 Å². The Labute approximate surface area is 143 Å². The molecule has 0 aliphatic carbocycles. The van der Waals surface area contributed by atoms with Crippen LogP contribution in [0.3, 0.4) is 0 Å². The molecule has 25 heavy (non-hydrogen) atoms. The molecule has 2 atom stereocenters. The largest absolute Gasteiger partial charge is 0.459 e. The molecule has 0 unspecified atom stereocenters. The molecule has 0 radical (unpaired) electrons. The number of halogens is 1. The number of nitrogens with zero attached hydrogens (tertiary/aromatic N) is 3. The van der Waals surface area contributed by atoms with E-state index in [9.17, 15) is 14.0 Å². The Balaban J connectivity index is 1.50. The first-order valence-corrected chi connectivity index (χ1v) is 8.26. The van der Waals surface area contributed by atoms with Crippen LogP contribution in [-0.2, 0) is 0 Å². The van der Waals surface area contributed by atoms with Gasteiger partial charge in [-0.05, 0) is 25.0 Å². The summed E-state index contributed by atoms with van der Waals surface area (Å²) in [7, 11) is 0. The summed E-state index contributed by atoms with van der Waals surface area (Å²) in [5.74, 6) is -0.140. The minimum atomic E-state index is -1.05. The number of hydrogen-bond acceptors (Lipinski definition) is 5. The van der Waals surface area contributed by atoms with Gasteiger partial charge in [0.05, 0.1) is 12.5 Å². The van der Waals surface area contributed by atoms with E-state index in [1.807, 2.05) is 0 Å². The minimum Gasteiger partial charge on any atom is -0.459 e. The van der Waals surface area contributed by atoms with Crippen molar-refractivity contribution in [1.29, 1.82) is 0 Å². The smallest absolute Gasteiger partial charge is 0.292 e. The molecular weight excluding hydrogens is 329 g/mol. The van der Waals surface area contributed by atoms with E-state index in [0.717, 1.165) is 0 Å². The second-order valence-corrected chi connectivity index (χ2v) is 6.68. The Bertz CT molecular complexity index is 761. The molecule has 2 aliphatic heterocycles. The lowest BCUT2D eigenvalue weighted by molar-refractivity contribution is 0.00922. The number of piperidine rings is 1. The summed E-state index contributed by atoms with van der Waals surface area (Å²) in [5.41, 5.74) is -0.740. The van der Waals surface area contributed by atoms with Crippen LogP contribution in [0.25, 0.3) is 0 Å². The average molecular weight is 347 g/mol. The fourth-order valence-electron chi connectivity index (χ4n) is 3.80. The lowest BCUT2D eigenvalue weighted by Gasteiger charge is -2.42. The third-order valence-electron chi connectivity index (χ3n) is 5.16. The molecule has 0 bridgehead atoms. The molecular formula is C17H18FN3O4. The molecule has 0 N–H and O–H groups in total. The van der Waals surface area contributed by atoms with Gasteiger partial charge in [-0.1, -0.05) is 5.16 Å². The van der Waals surface area contributed by atoms with Crippen molar-refractivity contribution in [1.82, 2.24) is 15.0 Å². The van der Waals surface area contributed by atoms with Gasteiger partial charge in [0.1, 0.15) is 6.17 Å². The normalized spacial score (nSPS) is 26.4. The second-order valence-electron chi connectivity index (χ2n) is 6.68. The molecule has 132 valence electrons. The third-order valence-corrected chi connectivity index (χ3v) is 5.16. The van der Waals surface area contributed by atoms with Gasteiger partial charge in [0, 0.05) is 37.7 Å². The summed E-state index contributed by atoms with van der Waals surface area (Å²) in [5, 5.41) is 3.55. The van der Waals surface area contributed by atoms with Crippen LogP contribution in [0, 0.1) is 5.41 Å². The number of aromatic nitrogens is 1. The summed E-state index contributed by atoms with van der Waals surface area (Å²) in [6, 6.07) is 4.74. The van der Waals surface area contributed by atoms with Gasteiger partial charge in [0.25, 0.3) is 11.8 Å². The van der Waals surface area contributed by atoms with Gasteiger partial charge in [-0.3, -0.25) is 9.59 Å². The van der Waals surface area contributed by atoms with Gasteiger partial charge in [-0.2, -0.15) is 0 Å². The number of rotatable bonds is 2. The number of carbonyl (C=O) groups excluding carboxylic acids is 2. The van der Waals surface area contributed by atoms with Crippen molar-refractivity contribution in [2.24, 2.45) is 5.41 Å². The van der Waals surface area contributed by atoms with E-state index in [1.54, 1.807) is 21.9 Å².